The molecule has 0 unspecified atom stereocenters. The average molecular weight is 795 g/mol. The monoisotopic (exact) mass is 794 g/mol. The van der Waals surface area contributed by atoms with Gasteiger partial charge in [-0.2, -0.15) is 0 Å². The molecule has 286 valence electrons. The van der Waals surface area contributed by atoms with E-state index < -0.39 is 0 Å². The molecule has 0 aliphatic heterocycles. The summed E-state index contributed by atoms with van der Waals surface area (Å²) in [5.41, 5.74) is 15.4. The van der Waals surface area contributed by atoms with E-state index in [4.69, 9.17) is 0 Å². The minimum absolute atomic E-state index is 1.09. The minimum atomic E-state index is 1.09. The molecule has 3 heterocycles. The zero-order valence-electron chi connectivity index (χ0n) is 33.2. The van der Waals surface area contributed by atoms with E-state index in [0.717, 1.165) is 22.6 Å². The molecule has 9 aromatic carbocycles. The van der Waals surface area contributed by atoms with Gasteiger partial charge in [-0.05, 0) is 87.8 Å². The Hall–Kier alpha value is -7.72. The molecule has 0 N–H and O–H groups in total. The fourth-order valence-corrected chi connectivity index (χ4v) is 10.6. The van der Waals surface area contributed by atoms with Gasteiger partial charge in [-0.15, -0.1) is 11.3 Å². The first-order valence-electron chi connectivity index (χ1n) is 20.8. The quantitative estimate of drug-likeness (QED) is 0.156. The van der Waals surface area contributed by atoms with E-state index in [0.29, 0.717) is 0 Å². The third-order valence-corrected chi connectivity index (χ3v) is 13.4. The Bertz CT molecular complexity index is 3460. The summed E-state index contributed by atoms with van der Waals surface area (Å²) in [6, 6.07) is 84.0. The molecule has 0 bridgehead atoms. The second-order valence-corrected chi connectivity index (χ2v) is 16.7. The Labute approximate surface area is 358 Å². The van der Waals surface area contributed by atoms with Crippen molar-refractivity contribution in [1.29, 1.82) is 0 Å². The molecule has 0 fully saturated rings. The number of benzene rings is 9. The van der Waals surface area contributed by atoms with Crippen LogP contribution >= 0.6 is 11.3 Å². The largest absolute Gasteiger partial charge is 0.311 e. The van der Waals surface area contributed by atoms with E-state index in [1.807, 2.05) is 11.3 Å². The molecule has 61 heavy (non-hydrogen) atoms. The molecule has 0 amide bonds. The molecule has 0 saturated heterocycles. The van der Waals surface area contributed by atoms with Crippen LogP contribution in [0.25, 0.3) is 92.0 Å². The molecule has 3 aromatic heterocycles. The van der Waals surface area contributed by atoms with Crippen LogP contribution in [0, 0.1) is 0 Å². The lowest BCUT2D eigenvalue weighted by Gasteiger charge is -2.26. The predicted octanol–water partition coefficient (Wildman–Crippen LogP) is 16.8. The summed E-state index contributed by atoms with van der Waals surface area (Å²) < 4.78 is 5.16. The van der Waals surface area contributed by atoms with Gasteiger partial charge in [-0.1, -0.05) is 176 Å². The lowest BCUT2D eigenvalue weighted by atomic mass is 9.98. The van der Waals surface area contributed by atoms with Crippen LogP contribution in [0.3, 0.4) is 0 Å². The normalized spacial score (nSPS) is 11.6. The van der Waals surface area contributed by atoms with Gasteiger partial charge < -0.3 is 9.30 Å². The van der Waals surface area contributed by atoms with E-state index in [-0.39, 0.29) is 0 Å². The van der Waals surface area contributed by atoms with Crippen LogP contribution in [0.4, 0.5) is 17.1 Å². The van der Waals surface area contributed by atoms with E-state index in [9.17, 15) is 0 Å². The molecule has 0 atom stereocenters. The van der Waals surface area contributed by atoms with Crippen molar-refractivity contribution in [2.45, 2.75) is 0 Å². The van der Waals surface area contributed by atoms with Crippen LogP contribution in [0.1, 0.15) is 0 Å². The van der Waals surface area contributed by atoms with E-state index in [2.05, 4.69) is 240 Å². The summed E-state index contributed by atoms with van der Waals surface area (Å²) in [6.45, 7) is 0. The predicted molar refractivity (Wildman–Crippen MR) is 262 cm³/mol. The second kappa shape index (κ2) is 14.5. The third kappa shape index (κ3) is 5.93. The Kier molecular flexibility index (Phi) is 8.39. The first-order valence-corrected chi connectivity index (χ1v) is 21.7. The zero-order chi connectivity index (χ0) is 40.3. The summed E-state index contributed by atoms with van der Waals surface area (Å²) in [5.74, 6) is 0. The van der Waals surface area contributed by atoms with Crippen LogP contribution in [-0.4, -0.2) is 4.40 Å². The van der Waals surface area contributed by atoms with Crippen molar-refractivity contribution in [2.75, 3.05) is 4.90 Å². The minimum Gasteiger partial charge on any atom is -0.311 e. The molecular weight excluding hydrogens is 757 g/mol. The van der Waals surface area contributed by atoms with Crippen LogP contribution in [0.5, 0.6) is 0 Å². The van der Waals surface area contributed by atoms with E-state index in [1.165, 1.54) is 86.4 Å². The number of hydrogen-bond donors (Lipinski definition) is 0. The maximum atomic E-state index is 2.51. The summed E-state index contributed by atoms with van der Waals surface area (Å²) >= 11 is 1.89. The highest BCUT2D eigenvalue weighted by Gasteiger charge is 2.22. The average Bonchev–Trinajstić information content (AvgIpc) is 3.88. The topological polar surface area (TPSA) is 7.65 Å². The fraction of sp³-hybridized carbons (Fsp3) is 0. The van der Waals surface area contributed by atoms with Crippen molar-refractivity contribution in [3.63, 3.8) is 0 Å². The summed E-state index contributed by atoms with van der Waals surface area (Å²) in [5, 5.41) is 6.33. The Morgan fingerprint density at radius 1 is 0.344 bits per heavy atom. The second-order valence-electron chi connectivity index (χ2n) is 15.7. The molecule has 3 heteroatoms. The van der Waals surface area contributed by atoms with Gasteiger partial charge in [0.15, 0.2) is 0 Å². The first kappa shape index (κ1) is 35.2. The molecule has 12 aromatic rings. The molecule has 2 nitrogen and oxygen atoms in total. The lowest BCUT2D eigenvalue weighted by molar-refractivity contribution is 1.26. The molecule has 0 saturated carbocycles. The molecule has 0 radical (unpaired) electrons. The number of rotatable bonds is 7. The van der Waals surface area contributed by atoms with Gasteiger partial charge >= 0.3 is 0 Å². The summed E-state index contributed by atoms with van der Waals surface area (Å²) in [6.07, 6.45) is 0. The summed E-state index contributed by atoms with van der Waals surface area (Å²) in [4.78, 5) is 2.36. The zero-order valence-corrected chi connectivity index (χ0v) is 34.1. The number of hydrogen-bond acceptors (Lipinski definition) is 2. The van der Waals surface area contributed by atoms with Gasteiger partial charge in [0.25, 0.3) is 0 Å². The van der Waals surface area contributed by atoms with Gasteiger partial charge in [0, 0.05) is 59.1 Å². The maximum absolute atomic E-state index is 2.51. The first-order chi connectivity index (χ1) is 30.3. The number of anilines is 3. The highest BCUT2D eigenvalue weighted by atomic mass is 32.1. The summed E-state index contributed by atoms with van der Waals surface area (Å²) in [7, 11) is 0. The van der Waals surface area contributed by atoms with Crippen molar-refractivity contribution < 1.29 is 0 Å². The Balaban J connectivity index is 1.03. The van der Waals surface area contributed by atoms with Gasteiger partial charge in [0.2, 0.25) is 0 Å². The molecule has 0 aliphatic carbocycles. The Morgan fingerprint density at radius 2 is 0.836 bits per heavy atom. The SMILES string of the molecule is c1ccc(-c2ccc(N(c3ccc(-c4ccccc4)cc3)c3ccc(-c4c5ccccc5cc5c(-c6cccc7c6sc6ccccc67)c6ccccc6n45)cc3)cc2)cc1. The van der Waals surface area contributed by atoms with Crippen LogP contribution in [-0.2, 0) is 0 Å². The maximum Gasteiger partial charge on any atom is 0.0612 e. The van der Waals surface area contributed by atoms with Crippen molar-refractivity contribution in [1.82, 2.24) is 4.40 Å². The van der Waals surface area contributed by atoms with Gasteiger partial charge in [-0.25, -0.2) is 0 Å². The molecular formula is C58H38N2S. The van der Waals surface area contributed by atoms with Gasteiger partial charge in [0.05, 0.1) is 16.7 Å². The van der Waals surface area contributed by atoms with E-state index in [1.54, 1.807) is 0 Å². The van der Waals surface area contributed by atoms with Crippen molar-refractivity contribution >= 4 is 75.8 Å². The smallest absolute Gasteiger partial charge is 0.0612 e. The highest BCUT2D eigenvalue weighted by molar-refractivity contribution is 7.26. The number of nitrogens with zero attached hydrogens (tertiary/aromatic N) is 2. The molecule has 0 aliphatic rings. The van der Waals surface area contributed by atoms with Crippen molar-refractivity contribution in [3.05, 3.63) is 231 Å². The van der Waals surface area contributed by atoms with Crippen molar-refractivity contribution in [2.24, 2.45) is 0 Å². The van der Waals surface area contributed by atoms with Gasteiger partial charge in [-0.3, -0.25) is 0 Å². The highest BCUT2D eigenvalue weighted by Crippen LogP contribution is 2.47. The molecule has 12 rings (SSSR count). The van der Waals surface area contributed by atoms with Crippen molar-refractivity contribution in [3.8, 4) is 44.6 Å². The Morgan fingerprint density at radius 3 is 1.48 bits per heavy atom. The van der Waals surface area contributed by atoms with E-state index >= 15 is 0 Å². The number of aromatic nitrogens is 1. The van der Waals surface area contributed by atoms with Crippen LogP contribution < -0.4 is 4.90 Å². The molecule has 0 spiro atoms. The number of pyridine rings is 1. The lowest BCUT2D eigenvalue weighted by Crippen LogP contribution is -2.10. The number of fused-ring (bicyclic) bond motifs is 7. The van der Waals surface area contributed by atoms with Crippen LogP contribution in [0.15, 0.2) is 231 Å². The van der Waals surface area contributed by atoms with Gasteiger partial charge in [0.1, 0.15) is 0 Å². The standard InChI is InChI=1S/C58H38N2S/c1-3-14-39(15-4-1)41-26-32-45(33-27-41)59(46-34-28-42(29-35-46)40-16-5-2-6-17-40)47-36-30-43(31-37-47)57-48-19-8-7-18-44(48)38-54-56(51-21-9-11-24-53(51)60(54)57)52-23-13-22-50-49-20-10-12-25-55(49)61-58(50)52/h1-38H. The number of para-hydroxylation sites is 1. The fourth-order valence-electron chi connectivity index (χ4n) is 9.34. The third-order valence-electron chi connectivity index (χ3n) is 12.2. The van der Waals surface area contributed by atoms with Crippen LogP contribution in [0.2, 0.25) is 0 Å². The number of thiophene rings is 1.